The van der Waals surface area contributed by atoms with E-state index in [4.69, 9.17) is 9.47 Å². The smallest absolute Gasteiger partial charge is 0.252 e. The van der Waals surface area contributed by atoms with Crippen LogP contribution >= 0.6 is 11.3 Å². The summed E-state index contributed by atoms with van der Waals surface area (Å²) in [5, 5.41) is 1.74. The maximum atomic E-state index is 12.5. The summed E-state index contributed by atoms with van der Waals surface area (Å²) < 4.78 is 37.1. The predicted molar refractivity (Wildman–Crippen MR) is 82.5 cm³/mol. The first-order valence-electron chi connectivity index (χ1n) is 6.20. The molecule has 21 heavy (non-hydrogen) atoms. The minimum absolute atomic E-state index is 0.174. The second-order valence-corrected chi connectivity index (χ2v) is 7.55. The van der Waals surface area contributed by atoms with Crippen molar-refractivity contribution in [3.8, 4) is 11.5 Å². The maximum Gasteiger partial charge on any atom is 0.252 e. The Morgan fingerprint density at radius 3 is 2.19 bits per heavy atom. The van der Waals surface area contributed by atoms with E-state index in [-0.39, 0.29) is 6.54 Å². The molecule has 0 N–H and O–H groups in total. The van der Waals surface area contributed by atoms with Crippen molar-refractivity contribution in [2.45, 2.75) is 10.8 Å². The third kappa shape index (κ3) is 3.20. The van der Waals surface area contributed by atoms with E-state index in [1.54, 1.807) is 57.0 Å². The van der Waals surface area contributed by atoms with Gasteiger partial charge in [-0.1, -0.05) is 12.1 Å². The zero-order valence-corrected chi connectivity index (χ0v) is 13.7. The Hall–Kier alpha value is -1.57. The highest BCUT2D eigenvalue weighted by Crippen LogP contribution is 2.31. The second-order valence-electron chi connectivity index (χ2n) is 4.33. The lowest BCUT2D eigenvalue weighted by Crippen LogP contribution is -2.26. The van der Waals surface area contributed by atoms with Crippen LogP contribution in [0.4, 0.5) is 0 Å². The fraction of sp³-hybridized carbons (Fsp3) is 0.286. The fourth-order valence-electron chi connectivity index (χ4n) is 1.96. The summed E-state index contributed by atoms with van der Waals surface area (Å²) in [5.74, 6) is 1.20. The Morgan fingerprint density at radius 1 is 1.10 bits per heavy atom. The number of methoxy groups -OCH3 is 2. The van der Waals surface area contributed by atoms with Gasteiger partial charge < -0.3 is 9.47 Å². The highest BCUT2D eigenvalue weighted by molar-refractivity contribution is 7.91. The molecule has 0 radical (unpaired) electrons. The molecule has 0 saturated heterocycles. The van der Waals surface area contributed by atoms with E-state index < -0.39 is 10.0 Å². The molecule has 2 aromatic rings. The molecule has 114 valence electrons. The van der Waals surface area contributed by atoms with Crippen molar-refractivity contribution in [3.05, 3.63) is 41.3 Å². The topological polar surface area (TPSA) is 55.8 Å². The van der Waals surface area contributed by atoms with Crippen molar-refractivity contribution >= 4 is 21.4 Å². The van der Waals surface area contributed by atoms with Crippen LogP contribution in [0.1, 0.15) is 5.56 Å². The standard InChI is InChI=1S/C14H17NO4S2/c1-15(21(16,17)14-8-5-9-20-14)10-11-12(18-2)6-4-7-13(11)19-3/h4-9H,10H2,1-3H3. The first-order valence-corrected chi connectivity index (χ1v) is 8.52. The quantitative estimate of drug-likeness (QED) is 0.818. The molecule has 0 bridgehead atoms. The summed E-state index contributed by atoms with van der Waals surface area (Å²) in [6.07, 6.45) is 0. The van der Waals surface area contributed by atoms with E-state index in [9.17, 15) is 8.42 Å². The van der Waals surface area contributed by atoms with Crippen LogP contribution in [-0.2, 0) is 16.6 Å². The highest BCUT2D eigenvalue weighted by Gasteiger charge is 2.24. The molecule has 1 aromatic heterocycles. The van der Waals surface area contributed by atoms with Crippen LogP contribution in [0, 0.1) is 0 Å². The molecule has 0 aliphatic carbocycles. The lowest BCUT2D eigenvalue weighted by atomic mass is 10.1. The normalized spacial score (nSPS) is 11.6. The third-order valence-electron chi connectivity index (χ3n) is 3.07. The van der Waals surface area contributed by atoms with E-state index in [1.165, 1.54) is 15.6 Å². The average Bonchev–Trinajstić information content (AvgIpc) is 3.02. The molecule has 0 spiro atoms. The van der Waals surface area contributed by atoms with Gasteiger partial charge in [0.2, 0.25) is 0 Å². The molecular weight excluding hydrogens is 310 g/mol. The van der Waals surface area contributed by atoms with Crippen LogP contribution in [0.2, 0.25) is 0 Å². The van der Waals surface area contributed by atoms with Crippen LogP contribution in [0.5, 0.6) is 11.5 Å². The van der Waals surface area contributed by atoms with E-state index in [2.05, 4.69) is 0 Å². The van der Waals surface area contributed by atoms with Crippen LogP contribution in [0.15, 0.2) is 39.9 Å². The molecule has 5 nitrogen and oxygen atoms in total. The van der Waals surface area contributed by atoms with Gasteiger partial charge in [-0.25, -0.2) is 8.42 Å². The van der Waals surface area contributed by atoms with Gasteiger partial charge in [0.1, 0.15) is 15.7 Å². The minimum Gasteiger partial charge on any atom is -0.496 e. The van der Waals surface area contributed by atoms with E-state index in [0.717, 1.165) is 0 Å². The summed E-state index contributed by atoms with van der Waals surface area (Å²) in [7, 11) is 1.13. The highest BCUT2D eigenvalue weighted by atomic mass is 32.2. The van der Waals surface area contributed by atoms with Crippen LogP contribution < -0.4 is 9.47 Å². The molecule has 2 rings (SSSR count). The Labute approximate surface area is 128 Å². The number of thiophene rings is 1. The third-order valence-corrected chi connectivity index (χ3v) is 6.25. The predicted octanol–water partition coefficient (Wildman–Crippen LogP) is 2.59. The summed E-state index contributed by atoms with van der Waals surface area (Å²) in [5.41, 5.74) is 0.699. The monoisotopic (exact) mass is 327 g/mol. The Bertz CT molecular complexity index is 674. The zero-order chi connectivity index (χ0) is 15.5. The Balaban J connectivity index is 2.34. The lowest BCUT2D eigenvalue weighted by molar-refractivity contribution is 0.371. The van der Waals surface area contributed by atoms with E-state index in [0.29, 0.717) is 21.3 Å². The van der Waals surface area contributed by atoms with Crippen LogP contribution in [0.3, 0.4) is 0 Å². The molecule has 0 fully saturated rings. The number of hydrogen-bond acceptors (Lipinski definition) is 5. The first-order chi connectivity index (χ1) is 10.0. The van der Waals surface area contributed by atoms with Gasteiger partial charge >= 0.3 is 0 Å². The molecule has 1 heterocycles. The van der Waals surface area contributed by atoms with E-state index >= 15 is 0 Å². The number of nitrogens with zero attached hydrogens (tertiary/aromatic N) is 1. The summed E-state index contributed by atoms with van der Waals surface area (Å²) in [4.78, 5) is 0. The average molecular weight is 327 g/mol. The zero-order valence-electron chi connectivity index (χ0n) is 12.1. The molecular formula is C14H17NO4S2. The molecule has 1 aromatic carbocycles. The lowest BCUT2D eigenvalue weighted by Gasteiger charge is -2.19. The van der Waals surface area contributed by atoms with Gasteiger partial charge in [0.25, 0.3) is 10.0 Å². The summed E-state index contributed by atoms with van der Waals surface area (Å²) in [6, 6.07) is 8.67. The second kappa shape index (κ2) is 6.46. The van der Waals surface area contributed by atoms with E-state index in [1.807, 2.05) is 0 Å². The van der Waals surface area contributed by atoms with Crippen LogP contribution in [0.25, 0.3) is 0 Å². The Morgan fingerprint density at radius 2 is 1.71 bits per heavy atom. The summed E-state index contributed by atoms with van der Waals surface area (Å²) >= 11 is 1.20. The van der Waals surface area contributed by atoms with Crippen molar-refractivity contribution in [2.75, 3.05) is 21.3 Å². The molecule has 7 heteroatoms. The number of sulfonamides is 1. The van der Waals surface area contributed by atoms with Gasteiger partial charge in [0.15, 0.2) is 0 Å². The van der Waals surface area contributed by atoms with Gasteiger partial charge in [-0.15, -0.1) is 11.3 Å². The SMILES string of the molecule is COc1cccc(OC)c1CN(C)S(=O)(=O)c1cccs1. The van der Waals surface area contributed by atoms with Gasteiger partial charge in [0, 0.05) is 13.6 Å². The van der Waals surface area contributed by atoms with Gasteiger partial charge in [0.05, 0.1) is 19.8 Å². The van der Waals surface area contributed by atoms with Crippen molar-refractivity contribution in [2.24, 2.45) is 0 Å². The van der Waals surface area contributed by atoms with Crippen molar-refractivity contribution in [1.82, 2.24) is 4.31 Å². The number of ether oxygens (including phenoxy) is 2. The van der Waals surface area contributed by atoms with Gasteiger partial charge in [-0.2, -0.15) is 4.31 Å². The first kappa shape index (κ1) is 15.8. The maximum absolute atomic E-state index is 12.5. The number of hydrogen-bond donors (Lipinski definition) is 0. The van der Waals surface area contributed by atoms with Crippen molar-refractivity contribution in [1.29, 1.82) is 0 Å². The molecule has 0 saturated carbocycles. The molecule has 0 aliphatic rings. The minimum atomic E-state index is -3.50. The summed E-state index contributed by atoms with van der Waals surface area (Å²) in [6.45, 7) is 0.174. The molecule has 0 atom stereocenters. The van der Waals surface area contributed by atoms with Crippen molar-refractivity contribution in [3.63, 3.8) is 0 Å². The number of rotatable bonds is 6. The van der Waals surface area contributed by atoms with Gasteiger partial charge in [-0.3, -0.25) is 0 Å². The molecule has 0 amide bonds. The van der Waals surface area contributed by atoms with Gasteiger partial charge in [-0.05, 0) is 23.6 Å². The van der Waals surface area contributed by atoms with Crippen LogP contribution in [-0.4, -0.2) is 34.0 Å². The Kier molecular flexibility index (Phi) is 4.87. The molecule has 0 unspecified atom stereocenters. The number of benzene rings is 1. The van der Waals surface area contributed by atoms with Crippen molar-refractivity contribution < 1.29 is 17.9 Å². The largest absolute Gasteiger partial charge is 0.496 e. The molecule has 0 aliphatic heterocycles. The fourth-order valence-corrected chi connectivity index (χ4v) is 4.30.